The molecule has 1 atom stereocenters. The molecule has 1 N–H and O–H groups in total. The third kappa shape index (κ3) is 9.01. The van der Waals surface area contributed by atoms with E-state index in [0.29, 0.717) is 22.0 Å². The zero-order valence-corrected chi connectivity index (χ0v) is 26.6. The number of esters is 1. The number of ether oxygens (including phenoxy) is 1. The zero-order chi connectivity index (χ0) is 32.4. The Bertz CT molecular complexity index is 1470. The Morgan fingerprint density at radius 1 is 1.07 bits per heavy atom. The van der Waals surface area contributed by atoms with E-state index in [0.717, 1.165) is 11.5 Å². The number of nitrogens with zero attached hydrogens (tertiary/aromatic N) is 3. The number of hydrogen-bond donors (Lipinski definition) is 1. The molecule has 3 aromatic rings. The second-order valence-electron chi connectivity index (χ2n) is 11.3. The number of aryl methyl sites for hydroxylation is 1. The zero-order valence-electron chi connectivity index (χ0n) is 26.6. The number of likely N-dealkylation sites (N-methyl/N-ethyl adjacent to an activating group) is 1. The first-order valence-corrected chi connectivity index (χ1v) is 14.4. The molecule has 0 radical (unpaired) electrons. The monoisotopic (exact) mass is 592 g/mol. The smallest absolute Gasteiger partial charge is 0.333 e. The summed E-state index contributed by atoms with van der Waals surface area (Å²) in [4.78, 5) is 51.2. The van der Waals surface area contributed by atoms with Gasteiger partial charge in [-0.15, -0.1) is 0 Å². The third-order valence-corrected chi connectivity index (χ3v) is 6.61. The van der Waals surface area contributed by atoms with Crippen molar-refractivity contribution >= 4 is 34.4 Å². The highest BCUT2D eigenvalue weighted by atomic mass is 16.6. The van der Waals surface area contributed by atoms with Gasteiger partial charge in [-0.3, -0.25) is 19.7 Å². The lowest BCUT2D eigenvalue weighted by Gasteiger charge is -2.29. The standard InChI is InChI=1S/C29H34N4O6.C4H10/c1-7-39-29(36)19(4)15-24(18(2)3)31(5)25(34)17-30-28(35)27-26(20-11-9-8-10-12-20)22-16-21(33(37)38)13-14-23(22)32(27)6;1-4(2)3/h8-16,18,24H,7,17H2,1-6H3,(H,30,35);4H,1-3H3/b19-15+;/t24-;/m1./s1. The molecule has 10 heteroatoms. The van der Waals surface area contributed by atoms with Gasteiger partial charge < -0.3 is 19.5 Å². The molecule has 2 aromatic carbocycles. The molecule has 0 aliphatic carbocycles. The van der Waals surface area contributed by atoms with Crippen LogP contribution in [0.1, 0.15) is 59.0 Å². The number of rotatable bonds is 10. The second kappa shape index (κ2) is 15.7. The summed E-state index contributed by atoms with van der Waals surface area (Å²) in [6.45, 7) is 13.7. The topological polar surface area (TPSA) is 124 Å². The number of nitro groups is 1. The van der Waals surface area contributed by atoms with E-state index in [-0.39, 0.29) is 36.4 Å². The highest BCUT2D eigenvalue weighted by molar-refractivity contribution is 6.11. The molecule has 43 heavy (non-hydrogen) atoms. The van der Waals surface area contributed by atoms with Crippen molar-refractivity contribution in [2.45, 2.75) is 54.5 Å². The van der Waals surface area contributed by atoms with E-state index in [9.17, 15) is 24.5 Å². The number of carbonyl (C=O) groups is 3. The maximum Gasteiger partial charge on any atom is 0.333 e. The average molecular weight is 593 g/mol. The normalized spacial score (nSPS) is 12.0. The van der Waals surface area contributed by atoms with Gasteiger partial charge in [0.2, 0.25) is 5.91 Å². The first kappa shape index (κ1) is 34.7. The molecule has 10 nitrogen and oxygen atoms in total. The second-order valence-corrected chi connectivity index (χ2v) is 11.3. The number of amides is 2. The molecule has 3 rings (SSSR count). The Balaban J connectivity index is 0.00000151. The van der Waals surface area contributed by atoms with Gasteiger partial charge >= 0.3 is 5.97 Å². The number of hydrogen-bond acceptors (Lipinski definition) is 6. The van der Waals surface area contributed by atoms with Crippen LogP contribution < -0.4 is 5.32 Å². The Hall–Kier alpha value is -4.47. The van der Waals surface area contributed by atoms with Gasteiger partial charge in [-0.25, -0.2) is 4.79 Å². The van der Waals surface area contributed by atoms with Gasteiger partial charge in [0.25, 0.3) is 11.6 Å². The van der Waals surface area contributed by atoms with Crippen molar-refractivity contribution in [2.75, 3.05) is 20.2 Å². The first-order valence-electron chi connectivity index (χ1n) is 14.4. The van der Waals surface area contributed by atoms with Gasteiger partial charge in [-0.1, -0.05) is 71.0 Å². The van der Waals surface area contributed by atoms with Crippen LogP contribution in [0.4, 0.5) is 5.69 Å². The van der Waals surface area contributed by atoms with E-state index in [1.54, 1.807) is 44.7 Å². The molecular formula is C33H44N4O6. The summed E-state index contributed by atoms with van der Waals surface area (Å²) in [5, 5.41) is 14.7. The van der Waals surface area contributed by atoms with E-state index in [2.05, 4.69) is 26.1 Å². The predicted octanol–water partition coefficient (Wildman–Crippen LogP) is 6.14. The van der Waals surface area contributed by atoms with Crippen molar-refractivity contribution in [3.05, 3.63) is 76.0 Å². The van der Waals surface area contributed by atoms with E-state index in [4.69, 9.17) is 4.74 Å². The van der Waals surface area contributed by atoms with E-state index >= 15 is 0 Å². The lowest BCUT2D eigenvalue weighted by atomic mass is 10.00. The molecule has 0 spiro atoms. The number of nitro benzene ring substituents is 1. The Morgan fingerprint density at radius 2 is 1.67 bits per heavy atom. The van der Waals surface area contributed by atoms with Gasteiger partial charge in [0, 0.05) is 48.3 Å². The Kier molecular flexibility index (Phi) is 12.7. The van der Waals surface area contributed by atoms with Crippen LogP contribution in [0.25, 0.3) is 22.0 Å². The van der Waals surface area contributed by atoms with Crippen LogP contribution in [0.3, 0.4) is 0 Å². The van der Waals surface area contributed by atoms with Gasteiger partial charge in [-0.05, 0) is 37.3 Å². The highest BCUT2D eigenvalue weighted by Crippen LogP contribution is 2.36. The third-order valence-electron chi connectivity index (χ3n) is 6.61. The van der Waals surface area contributed by atoms with Crippen molar-refractivity contribution in [3.8, 4) is 11.1 Å². The van der Waals surface area contributed by atoms with Crippen LogP contribution >= 0.6 is 0 Å². The van der Waals surface area contributed by atoms with Crippen LogP contribution in [0.2, 0.25) is 0 Å². The summed E-state index contributed by atoms with van der Waals surface area (Å²) in [6, 6.07) is 13.2. The fraction of sp³-hybridized carbons (Fsp3) is 0.424. The minimum absolute atomic E-state index is 0.00215. The molecular weight excluding hydrogens is 548 g/mol. The Morgan fingerprint density at radius 3 is 2.21 bits per heavy atom. The van der Waals surface area contributed by atoms with Crippen LogP contribution in [0.5, 0.6) is 0 Å². The summed E-state index contributed by atoms with van der Waals surface area (Å²) in [5.74, 6) is -0.443. The van der Waals surface area contributed by atoms with E-state index in [1.165, 1.54) is 17.0 Å². The maximum absolute atomic E-state index is 13.5. The summed E-state index contributed by atoms with van der Waals surface area (Å²) in [5.41, 5.74) is 2.51. The predicted molar refractivity (Wildman–Crippen MR) is 170 cm³/mol. The quantitative estimate of drug-likeness (QED) is 0.131. The molecule has 0 aliphatic rings. The Labute approximate surface area is 253 Å². The summed E-state index contributed by atoms with van der Waals surface area (Å²) < 4.78 is 6.72. The largest absolute Gasteiger partial charge is 0.463 e. The molecule has 0 fully saturated rings. The number of benzene rings is 2. The summed E-state index contributed by atoms with van der Waals surface area (Å²) >= 11 is 0. The first-order chi connectivity index (χ1) is 20.2. The van der Waals surface area contributed by atoms with Gasteiger partial charge in [0.15, 0.2) is 0 Å². The number of nitrogens with one attached hydrogen (secondary N) is 1. The van der Waals surface area contributed by atoms with E-state index in [1.807, 2.05) is 44.2 Å². The fourth-order valence-corrected chi connectivity index (χ4v) is 4.56. The van der Waals surface area contributed by atoms with Crippen molar-refractivity contribution < 1.29 is 24.0 Å². The summed E-state index contributed by atoms with van der Waals surface area (Å²) in [6.07, 6.45) is 1.70. The SMILES string of the molecule is CC(C)C.CCOC(=O)/C(C)=C/[C@H](C(C)C)N(C)C(=O)CNC(=O)c1c(-c2ccccc2)c2cc([N+](=O)[O-])ccc2n1C. The van der Waals surface area contributed by atoms with Gasteiger partial charge in [0.05, 0.1) is 24.1 Å². The average Bonchev–Trinajstić information content (AvgIpc) is 3.25. The van der Waals surface area contributed by atoms with Crippen molar-refractivity contribution in [1.82, 2.24) is 14.8 Å². The van der Waals surface area contributed by atoms with Crippen molar-refractivity contribution in [1.29, 1.82) is 0 Å². The number of fused-ring (bicyclic) bond motifs is 1. The minimum atomic E-state index is -0.490. The molecule has 0 saturated heterocycles. The maximum atomic E-state index is 13.5. The van der Waals surface area contributed by atoms with Crippen molar-refractivity contribution in [2.24, 2.45) is 18.9 Å². The number of aromatic nitrogens is 1. The van der Waals surface area contributed by atoms with Crippen LogP contribution in [-0.2, 0) is 21.4 Å². The van der Waals surface area contributed by atoms with Crippen LogP contribution in [0, 0.1) is 22.0 Å². The molecule has 2 amide bonds. The lowest BCUT2D eigenvalue weighted by molar-refractivity contribution is -0.384. The van der Waals surface area contributed by atoms with Crippen LogP contribution in [0.15, 0.2) is 60.2 Å². The lowest BCUT2D eigenvalue weighted by Crippen LogP contribution is -2.45. The molecule has 0 aliphatic heterocycles. The van der Waals surface area contributed by atoms with Crippen molar-refractivity contribution in [3.63, 3.8) is 0 Å². The number of non-ortho nitro benzene ring substituents is 1. The molecule has 1 aromatic heterocycles. The molecule has 0 bridgehead atoms. The molecule has 0 saturated carbocycles. The van der Waals surface area contributed by atoms with Gasteiger partial charge in [-0.2, -0.15) is 0 Å². The van der Waals surface area contributed by atoms with Crippen LogP contribution in [-0.4, -0.2) is 58.4 Å². The molecule has 0 unspecified atom stereocenters. The van der Waals surface area contributed by atoms with Gasteiger partial charge in [0.1, 0.15) is 5.69 Å². The minimum Gasteiger partial charge on any atom is -0.463 e. The fourth-order valence-electron chi connectivity index (χ4n) is 4.56. The van der Waals surface area contributed by atoms with E-state index < -0.39 is 22.8 Å². The molecule has 1 heterocycles. The number of carbonyl (C=O) groups excluding carboxylic acids is 3. The summed E-state index contributed by atoms with van der Waals surface area (Å²) in [7, 11) is 3.33. The highest BCUT2D eigenvalue weighted by Gasteiger charge is 2.26. The molecule has 232 valence electrons.